The smallest absolute Gasteiger partial charge is 0.302 e. The summed E-state index contributed by atoms with van der Waals surface area (Å²) in [6.45, 7) is 0. The summed E-state index contributed by atoms with van der Waals surface area (Å²) in [7, 11) is 0. The van der Waals surface area contributed by atoms with Crippen LogP contribution in [-0.4, -0.2) is 12.7 Å². The zero-order valence-corrected chi connectivity index (χ0v) is 5.23. The first-order valence-electron chi connectivity index (χ1n) is 1.12. The Morgan fingerprint density at radius 1 is 1.71 bits per heavy atom. The van der Waals surface area contributed by atoms with Crippen LogP contribution in [0.1, 0.15) is 0 Å². The van der Waals surface area contributed by atoms with Gasteiger partial charge in [0.1, 0.15) is 0 Å². The Hall–Kier alpha value is 0.620. The summed E-state index contributed by atoms with van der Waals surface area (Å²) in [5.74, 6) is 0. The molecule has 0 aliphatic rings. The van der Waals surface area contributed by atoms with Crippen LogP contribution in [0, 0.1) is 0 Å². The summed E-state index contributed by atoms with van der Waals surface area (Å²) >= 11 is 6.01. The van der Waals surface area contributed by atoms with Crippen molar-refractivity contribution in [1.82, 2.24) is 0 Å². The quantitative estimate of drug-likeness (QED) is 0.471. The zero-order valence-electron chi connectivity index (χ0n) is 2.90. The van der Waals surface area contributed by atoms with Gasteiger partial charge in [-0.05, 0) is 23.2 Å². The summed E-state index contributed by atoms with van der Waals surface area (Å²) in [6.07, 6.45) is 0. The number of rotatable bonds is 1. The molecular formula is CHCl2FO2S. The van der Waals surface area contributed by atoms with Gasteiger partial charge in [0.15, 0.2) is 0 Å². The van der Waals surface area contributed by atoms with Crippen LogP contribution in [0.5, 0.6) is 0 Å². The highest BCUT2D eigenvalue weighted by atomic mass is 35.5. The van der Waals surface area contributed by atoms with Gasteiger partial charge in [-0.1, -0.05) is 0 Å². The van der Waals surface area contributed by atoms with Crippen molar-refractivity contribution < 1.29 is 13.2 Å². The molecule has 0 rings (SSSR count). The Kier molecular flexibility index (Phi) is 2.46. The summed E-state index contributed by atoms with van der Waals surface area (Å²) in [5.41, 5.74) is 0. The van der Waals surface area contributed by atoms with Crippen molar-refractivity contribution in [2.75, 3.05) is 0 Å². The van der Waals surface area contributed by atoms with Gasteiger partial charge in [0.05, 0.1) is 0 Å². The predicted octanol–water partition coefficient (Wildman–Crippen LogP) is 1.27. The molecule has 0 aromatic heterocycles. The van der Waals surface area contributed by atoms with Gasteiger partial charge in [-0.25, -0.2) is 4.21 Å². The Morgan fingerprint density at radius 3 is 1.86 bits per heavy atom. The fraction of sp³-hybridized carbons (Fsp3) is 1.00. The summed E-state index contributed by atoms with van der Waals surface area (Å²) in [6, 6.07) is 0. The third kappa shape index (κ3) is 3.22. The van der Waals surface area contributed by atoms with Gasteiger partial charge in [0.25, 0.3) is 0 Å². The molecule has 1 N–H and O–H groups in total. The van der Waals surface area contributed by atoms with E-state index >= 15 is 0 Å². The predicted molar refractivity (Wildman–Crippen MR) is 26.3 cm³/mol. The second-order valence-corrected chi connectivity index (χ2v) is 3.44. The van der Waals surface area contributed by atoms with E-state index < -0.39 is 15.0 Å². The number of hydrogen-bond acceptors (Lipinski definition) is 1. The summed E-state index contributed by atoms with van der Waals surface area (Å²) in [5, 5.41) is 0. The van der Waals surface area contributed by atoms with Gasteiger partial charge >= 0.3 is 3.92 Å². The molecule has 0 radical (unpaired) electrons. The standard InChI is InChI=1S/CHCl2FO2S/c2-1(3,4)7(5)6/h(H,5,6). The Bertz CT molecular complexity index is 88.2. The lowest BCUT2D eigenvalue weighted by atomic mass is 11.7. The first-order chi connectivity index (χ1) is 2.94. The van der Waals surface area contributed by atoms with E-state index in [-0.39, 0.29) is 0 Å². The lowest BCUT2D eigenvalue weighted by molar-refractivity contribution is 0.455. The lowest BCUT2D eigenvalue weighted by Gasteiger charge is -1.98. The van der Waals surface area contributed by atoms with Crippen LogP contribution >= 0.6 is 23.2 Å². The molecule has 7 heavy (non-hydrogen) atoms. The van der Waals surface area contributed by atoms with Crippen LogP contribution in [0.2, 0.25) is 0 Å². The fourth-order valence-corrected chi connectivity index (χ4v) is 0. The molecule has 0 aliphatic heterocycles. The average Bonchev–Trinajstić information content (AvgIpc) is 1.31. The normalized spacial score (nSPS) is 16.6. The first kappa shape index (κ1) is 7.62. The number of halogens is 3. The highest BCUT2D eigenvalue weighted by Crippen LogP contribution is 2.24. The third-order valence-corrected chi connectivity index (χ3v) is 1.39. The van der Waals surface area contributed by atoms with Gasteiger partial charge in [-0.15, -0.1) is 0 Å². The maximum atomic E-state index is 11.5. The van der Waals surface area contributed by atoms with Gasteiger partial charge in [-0.2, -0.15) is 4.39 Å². The lowest BCUT2D eigenvalue weighted by Crippen LogP contribution is -2.10. The van der Waals surface area contributed by atoms with E-state index in [2.05, 4.69) is 23.2 Å². The molecule has 1 unspecified atom stereocenters. The van der Waals surface area contributed by atoms with Crippen LogP contribution in [0.3, 0.4) is 0 Å². The molecule has 44 valence electrons. The van der Waals surface area contributed by atoms with E-state index in [1.54, 1.807) is 0 Å². The van der Waals surface area contributed by atoms with Gasteiger partial charge in [-0.3, -0.25) is 0 Å². The maximum absolute atomic E-state index is 11.5. The van der Waals surface area contributed by atoms with Crippen LogP contribution in [0.25, 0.3) is 0 Å². The molecule has 0 aromatic carbocycles. The molecule has 0 aliphatic carbocycles. The van der Waals surface area contributed by atoms with Gasteiger partial charge < -0.3 is 4.55 Å². The molecule has 0 spiro atoms. The van der Waals surface area contributed by atoms with Gasteiger partial charge in [0.2, 0.25) is 11.1 Å². The summed E-state index contributed by atoms with van der Waals surface area (Å²) in [4.78, 5) is 0. The molecule has 1 atom stereocenters. The summed E-state index contributed by atoms with van der Waals surface area (Å²) < 4.78 is 25.7. The Labute approximate surface area is 51.9 Å². The molecule has 0 aromatic rings. The molecular weight excluding hydrogens is 166 g/mol. The second kappa shape index (κ2) is 2.26. The van der Waals surface area contributed by atoms with E-state index in [1.165, 1.54) is 0 Å². The van der Waals surface area contributed by atoms with E-state index in [9.17, 15) is 8.60 Å². The molecule has 0 bridgehead atoms. The zero-order chi connectivity index (χ0) is 6.08. The monoisotopic (exact) mass is 166 g/mol. The first-order valence-corrected chi connectivity index (χ1v) is 2.98. The topological polar surface area (TPSA) is 37.3 Å². The highest BCUT2D eigenvalue weighted by Gasteiger charge is 2.29. The number of alkyl halides is 3. The van der Waals surface area contributed by atoms with Crippen LogP contribution in [0.4, 0.5) is 4.39 Å². The van der Waals surface area contributed by atoms with Crippen LogP contribution in [-0.2, 0) is 11.1 Å². The molecule has 2 nitrogen and oxygen atoms in total. The molecule has 6 heteroatoms. The number of hydrogen-bond donors (Lipinski definition) is 1. The minimum absolute atomic E-state index is 2.82. The van der Waals surface area contributed by atoms with E-state index in [0.29, 0.717) is 0 Å². The highest BCUT2D eigenvalue weighted by molar-refractivity contribution is 7.83. The molecule has 0 amide bonds. The van der Waals surface area contributed by atoms with Crippen LogP contribution < -0.4 is 0 Å². The fourth-order valence-electron chi connectivity index (χ4n) is 0. The van der Waals surface area contributed by atoms with E-state index in [4.69, 9.17) is 4.55 Å². The maximum Gasteiger partial charge on any atom is 0.357 e. The van der Waals surface area contributed by atoms with E-state index in [0.717, 1.165) is 0 Å². The SMILES string of the molecule is O=S(O)C(F)(Cl)Cl. The minimum Gasteiger partial charge on any atom is -0.302 e. The van der Waals surface area contributed by atoms with Crippen molar-refractivity contribution in [3.05, 3.63) is 0 Å². The average molecular weight is 167 g/mol. The van der Waals surface area contributed by atoms with Crippen molar-refractivity contribution in [3.63, 3.8) is 0 Å². The molecule has 0 heterocycles. The van der Waals surface area contributed by atoms with Crippen molar-refractivity contribution in [1.29, 1.82) is 0 Å². The van der Waals surface area contributed by atoms with Gasteiger partial charge in [0, 0.05) is 0 Å². The third-order valence-electron chi connectivity index (χ3n) is 0.198. The second-order valence-electron chi connectivity index (χ2n) is 0.695. The Morgan fingerprint density at radius 2 is 1.86 bits per heavy atom. The Balaban J connectivity index is 3.79. The minimum atomic E-state index is -3.03. The van der Waals surface area contributed by atoms with Crippen molar-refractivity contribution in [3.8, 4) is 0 Å². The van der Waals surface area contributed by atoms with Crippen molar-refractivity contribution in [2.45, 2.75) is 3.92 Å². The van der Waals surface area contributed by atoms with Crippen molar-refractivity contribution in [2.24, 2.45) is 0 Å². The molecule has 0 saturated heterocycles. The van der Waals surface area contributed by atoms with Crippen molar-refractivity contribution >= 4 is 34.3 Å². The van der Waals surface area contributed by atoms with Crippen LogP contribution in [0.15, 0.2) is 0 Å². The molecule has 0 fully saturated rings. The molecule has 0 saturated carbocycles. The van der Waals surface area contributed by atoms with E-state index in [1.807, 2.05) is 0 Å². The largest absolute Gasteiger partial charge is 0.357 e.